The van der Waals surface area contributed by atoms with Crippen LogP contribution in [0.1, 0.15) is 48.8 Å². The molecule has 0 saturated carbocycles. The van der Waals surface area contributed by atoms with Crippen LogP contribution in [0.15, 0.2) is 47.6 Å². The summed E-state index contributed by atoms with van der Waals surface area (Å²) in [6, 6.07) is 9.47. The fraction of sp³-hybridized carbons (Fsp3) is 0.364. The van der Waals surface area contributed by atoms with E-state index in [1.54, 1.807) is 18.2 Å². The number of hydrogen-bond donors (Lipinski definition) is 1. The van der Waals surface area contributed by atoms with Crippen LogP contribution in [0.4, 0.5) is 23.8 Å². The van der Waals surface area contributed by atoms with Crippen LogP contribution in [0.2, 0.25) is 0 Å². The molecule has 35 heavy (non-hydrogen) atoms. The first-order chi connectivity index (χ1) is 16.8. The third kappa shape index (κ3) is 7.48. The van der Waals surface area contributed by atoms with Gasteiger partial charge in [-0.15, -0.1) is 5.10 Å². The molecule has 3 rings (SSSR count). The SMILES string of the molecule is CCCCCOC(=O)Nc1cccc(CON=C(c2cccc(C(F)(F)F)c2)c2nnnn2C)n1. The molecule has 0 aliphatic rings. The molecule has 0 fully saturated rings. The van der Waals surface area contributed by atoms with E-state index in [9.17, 15) is 18.0 Å². The second-order valence-corrected chi connectivity index (χ2v) is 7.40. The van der Waals surface area contributed by atoms with Crippen LogP contribution in [-0.2, 0) is 29.4 Å². The quantitative estimate of drug-likeness (QED) is 0.255. The van der Waals surface area contributed by atoms with Gasteiger partial charge in [-0.25, -0.2) is 14.5 Å². The number of halogens is 3. The van der Waals surface area contributed by atoms with E-state index in [0.717, 1.165) is 31.4 Å². The van der Waals surface area contributed by atoms with E-state index in [2.05, 4.69) is 31.0 Å². The number of aromatic nitrogens is 5. The lowest BCUT2D eigenvalue weighted by molar-refractivity contribution is -0.137. The predicted octanol–water partition coefficient (Wildman–Crippen LogP) is 4.33. The minimum atomic E-state index is -4.53. The first kappa shape index (κ1) is 25.6. The van der Waals surface area contributed by atoms with E-state index in [0.29, 0.717) is 12.3 Å². The molecule has 10 nitrogen and oxygen atoms in total. The molecular formula is C22H24F3N7O3. The Bertz CT molecular complexity index is 1160. The Morgan fingerprint density at radius 1 is 1.17 bits per heavy atom. The maximum absolute atomic E-state index is 13.2. The number of nitrogens with one attached hydrogen (secondary N) is 1. The van der Waals surface area contributed by atoms with Crippen LogP contribution in [0.3, 0.4) is 0 Å². The highest BCUT2D eigenvalue weighted by molar-refractivity contribution is 6.10. The molecule has 2 aromatic heterocycles. The van der Waals surface area contributed by atoms with Crippen molar-refractivity contribution < 1.29 is 27.5 Å². The van der Waals surface area contributed by atoms with Crippen molar-refractivity contribution in [2.24, 2.45) is 12.2 Å². The Balaban J connectivity index is 1.72. The minimum absolute atomic E-state index is 0.00790. The Morgan fingerprint density at radius 3 is 2.69 bits per heavy atom. The van der Waals surface area contributed by atoms with Gasteiger partial charge in [0.15, 0.2) is 12.3 Å². The molecular weight excluding hydrogens is 467 g/mol. The van der Waals surface area contributed by atoms with Gasteiger partial charge in [0.25, 0.3) is 0 Å². The molecule has 1 N–H and O–H groups in total. The Hall–Kier alpha value is -4.03. The fourth-order valence-corrected chi connectivity index (χ4v) is 2.95. The molecule has 13 heteroatoms. The van der Waals surface area contributed by atoms with E-state index in [-0.39, 0.29) is 29.5 Å². The number of pyridine rings is 1. The molecule has 0 unspecified atom stereocenters. The van der Waals surface area contributed by atoms with E-state index in [1.165, 1.54) is 23.9 Å². The summed E-state index contributed by atoms with van der Waals surface area (Å²) in [6.07, 6.45) is -2.40. The number of nitrogens with zero attached hydrogens (tertiary/aromatic N) is 6. The molecule has 0 bridgehead atoms. The maximum Gasteiger partial charge on any atom is 0.416 e. The third-order valence-corrected chi connectivity index (χ3v) is 4.68. The number of anilines is 1. The van der Waals surface area contributed by atoms with Crippen LogP contribution in [0.5, 0.6) is 0 Å². The second kappa shape index (κ2) is 11.9. The van der Waals surface area contributed by atoms with Gasteiger partial charge in [0.05, 0.1) is 17.9 Å². The number of ether oxygens (including phenoxy) is 1. The zero-order valence-electron chi connectivity index (χ0n) is 19.1. The van der Waals surface area contributed by atoms with Crippen LogP contribution in [0.25, 0.3) is 0 Å². The highest BCUT2D eigenvalue weighted by Gasteiger charge is 2.31. The zero-order chi connectivity index (χ0) is 25.3. The first-order valence-electron chi connectivity index (χ1n) is 10.8. The standard InChI is InChI=1S/C22H24F3N7O3/c1-3-4-5-12-34-21(33)27-18-11-7-10-17(26-18)14-35-29-19(20-28-30-31-32(20)2)15-8-6-9-16(13-15)22(23,24)25/h6-11,13H,3-5,12,14H2,1-2H3,(H,26,27,33). The molecule has 0 aliphatic heterocycles. The van der Waals surface area contributed by atoms with Crippen LogP contribution in [0, 0.1) is 0 Å². The van der Waals surface area contributed by atoms with Crippen molar-refractivity contribution in [2.45, 2.75) is 39.0 Å². The largest absolute Gasteiger partial charge is 0.449 e. The number of oxime groups is 1. The number of alkyl halides is 3. The Morgan fingerprint density at radius 2 is 1.97 bits per heavy atom. The highest BCUT2D eigenvalue weighted by Crippen LogP contribution is 2.30. The number of benzene rings is 1. The van der Waals surface area contributed by atoms with Gasteiger partial charge < -0.3 is 9.57 Å². The van der Waals surface area contributed by atoms with E-state index in [1.807, 2.05) is 6.92 Å². The summed E-state index contributed by atoms with van der Waals surface area (Å²) in [4.78, 5) is 21.5. The number of hydrogen-bond acceptors (Lipinski definition) is 8. The van der Waals surface area contributed by atoms with E-state index < -0.39 is 17.8 Å². The van der Waals surface area contributed by atoms with Crippen molar-refractivity contribution in [3.8, 4) is 0 Å². The summed E-state index contributed by atoms with van der Waals surface area (Å²) in [5.74, 6) is 0.365. The van der Waals surface area contributed by atoms with Gasteiger partial charge in [-0.3, -0.25) is 5.32 Å². The smallest absolute Gasteiger partial charge is 0.416 e. The van der Waals surface area contributed by atoms with Gasteiger partial charge in [-0.2, -0.15) is 13.2 Å². The molecule has 0 spiro atoms. The first-order valence-corrected chi connectivity index (χ1v) is 10.8. The zero-order valence-corrected chi connectivity index (χ0v) is 19.1. The number of tetrazole rings is 1. The number of carbonyl (C=O) groups excluding carboxylic acids is 1. The molecule has 0 saturated heterocycles. The summed E-state index contributed by atoms with van der Waals surface area (Å²) in [5, 5.41) is 17.6. The van der Waals surface area contributed by atoms with Gasteiger partial charge in [0.1, 0.15) is 5.82 Å². The van der Waals surface area contributed by atoms with Crippen molar-refractivity contribution in [1.82, 2.24) is 25.2 Å². The molecule has 0 aliphatic carbocycles. The van der Waals surface area contributed by atoms with Crippen molar-refractivity contribution >= 4 is 17.6 Å². The topological polar surface area (TPSA) is 116 Å². The molecule has 2 heterocycles. The van der Waals surface area contributed by atoms with Gasteiger partial charge in [0, 0.05) is 12.6 Å². The second-order valence-electron chi connectivity index (χ2n) is 7.40. The van der Waals surface area contributed by atoms with E-state index >= 15 is 0 Å². The van der Waals surface area contributed by atoms with Gasteiger partial charge >= 0.3 is 12.3 Å². The average molecular weight is 491 g/mol. The van der Waals surface area contributed by atoms with Crippen molar-refractivity contribution in [3.63, 3.8) is 0 Å². The third-order valence-electron chi connectivity index (χ3n) is 4.68. The average Bonchev–Trinajstić information content (AvgIpc) is 3.25. The molecule has 0 atom stereocenters. The lowest BCUT2D eigenvalue weighted by Crippen LogP contribution is -2.15. The lowest BCUT2D eigenvalue weighted by atomic mass is 10.1. The maximum atomic E-state index is 13.2. The molecule has 3 aromatic rings. The summed E-state index contributed by atoms with van der Waals surface area (Å²) >= 11 is 0. The summed E-state index contributed by atoms with van der Waals surface area (Å²) < 4.78 is 45.9. The summed E-state index contributed by atoms with van der Waals surface area (Å²) in [6.45, 7) is 2.23. The molecule has 1 aromatic carbocycles. The van der Waals surface area contributed by atoms with Gasteiger partial charge in [-0.1, -0.05) is 43.1 Å². The minimum Gasteiger partial charge on any atom is -0.449 e. The van der Waals surface area contributed by atoms with Crippen molar-refractivity contribution in [3.05, 3.63) is 65.1 Å². The molecule has 0 radical (unpaired) electrons. The van der Waals surface area contributed by atoms with Crippen molar-refractivity contribution in [1.29, 1.82) is 0 Å². The van der Waals surface area contributed by atoms with Gasteiger partial charge in [-0.05, 0) is 41.1 Å². The van der Waals surface area contributed by atoms with Crippen LogP contribution < -0.4 is 5.32 Å². The van der Waals surface area contributed by atoms with Gasteiger partial charge in [0.2, 0.25) is 5.82 Å². The Labute approximate surface area is 199 Å². The monoisotopic (exact) mass is 491 g/mol. The fourth-order valence-electron chi connectivity index (χ4n) is 2.95. The number of aryl methyl sites for hydroxylation is 1. The number of rotatable bonds is 10. The van der Waals surface area contributed by atoms with Crippen LogP contribution >= 0.6 is 0 Å². The number of carbonyl (C=O) groups is 1. The normalized spacial score (nSPS) is 11.9. The predicted molar refractivity (Wildman–Crippen MR) is 119 cm³/mol. The van der Waals surface area contributed by atoms with Crippen molar-refractivity contribution in [2.75, 3.05) is 11.9 Å². The molecule has 1 amide bonds. The van der Waals surface area contributed by atoms with Crippen LogP contribution in [-0.4, -0.2) is 43.6 Å². The summed E-state index contributed by atoms with van der Waals surface area (Å²) in [7, 11) is 1.52. The number of amides is 1. The van der Waals surface area contributed by atoms with E-state index in [4.69, 9.17) is 9.57 Å². The molecule has 186 valence electrons. The highest BCUT2D eigenvalue weighted by atomic mass is 19.4. The Kier molecular flexibility index (Phi) is 8.70. The lowest BCUT2D eigenvalue weighted by Gasteiger charge is -2.10. The number of unbranched alkanes of at least 4 members (excludes halogenated alkanes) is 2. The summed E-state index contributed by atoms with van der Waals surface area (Å²) in [5.41, 5.74) is -0.308.